The van der Waals surface area contributed by atoms with Gasteiger partial charge in [-0.05, 0) is 42.5 Å². The first-order chi connectivity index (χ1) is 22.7. The number of aromatic nitrogens is 3. The van der Waals surface area contributed by atoms with E-state index in [9.17, 15) is 28.9 Å². The van der Waals surface area contributed by atoms with Crippen molar-refractivity contribution in [1.82, 2.24) is 24.0 Å². The smallest absolute Gasteiger partial charge is 0.344 e. The summed E-state index contributed by atoms with van der Waals surface area (Å²) in [5.41, 5.74) is 7.79. The molecule has 0 atom stereocenters. The van der Waals surface area contributed by atoms with Crippen molar-refractivity contribution in [2.24, 2.45) is 32.2 Å². The van der Waals surface area contributed by atoms with Gasteiger partial charge in [0.2, 0.25) is 0 Å². The second-order valence-corrected chi connectivity index (χ2v) is 10.7. The Balaban J connectivity index is 1.36. The fourth-order valence-corrected chi connectivity index (χ4v) is 4.52. The van der Waals surface area contributed by atoms with Crippen LogP contribution in [0.4, 0.5) is 27.5 Å². The second-order valence-electron chi connectivity index (χ2n) is 10.7. The quantitative estimate of drug-likeness (QED) is 0.0519. The Kier molecular flexibility index (Phi) is 10.4. The molecule has 3 aromatic heterocycles. The van der Waals surface area contributed by atoms with Gasteiger partial charge in [-0.2, -0.15) is 5.01 Å². The van der Waals surface area contributed by atoms with Crippen molar-refractivity contribution in [3.05, 3.63) is 88.6 Å². The number of amidine groups is 1. The molecule has 4 rings (SSSR count). The van der Waals surface area contributed by atoms with Crippen LogP contribution in [0.15, 0.2) is 66.3 Å². The van der Waals surface area contributed by atoms with E-state index in [1.807, 2.05) is 0 Å². The average molecular weight is 659 g/mol. The lowest BCUT2D eigenvalue weighted by Gasteiger charge is -2.09. The topological polar surface area (TPSA) is 243 Å². The van der Waals surface area contributed by atoms with Crippen molar-refractivity contribution in [3.63, 3.8) is 0 Å². The van der Waals surface area contributed by atoms with Crippen LogP contribution in [0.5, 0.6) is 0 Å². The highest BCUT2D eigenvalue weighted by molar-refractivity contribution is 6.09. The van der Waals surface area contributed by atoms with Gasteiger partial charge >= 0.3 is 6.03 Å². The van der Waals surface area contributed by atoms with E-state index in [1.54, 1.807) is 44.3 Å². The summed E-state index contributed by atoms with van der Waals surface area (Å²) in [7, 11) is 6.13. The van der Waals surface area contributed by atoms with Gasteiger partial charge in [0.15, 0.2) is 0 Å². The highest BCUT2D eigenvalue weighted by Gasteiger charge is 2.19. The molecular weight excluding hydrogens is 624 g/mol. The number of nitrogens with two attached hydrogens (primary N) is 1. The Morgan fingerprint density at radius 1 is 0.708 bits per heavy atom. The first kappa shape index (κ1) is 34.2. The largest absolute Gasteiger partial charge is 0.388 e. The Labute approximate surface area is 273 Å². The molecular formula is C30H34N12O6. The van der Waals surface area contributed by atoms with Crippen LogP contribution in [0.1, 0.15) is 48.2 Å². The lowest BCUT2D eigenvalue weighted by atomic mass is 10.2. The van der Waals surface area contributed by atoms with Crippen molar-refractivity contribution in [3.8, 4) is 0 Å². The lowest BCUT2D eigenvalue weighted by molar-refractivity contribution is 0.0944. The molecule has 0 unspecified atom stereocenters. The number of aryl methyl sites for hydroxylation is 3. The van der Waals surface area contributed by atoms with Gasteiger partial charge < -0.3 is 46.0 Å². The molecule has 1 aromatic carbocycles. The number of rotatable bonds is 12. The van der Waals surface area contributed by atoms with Gasteiger partial charge in [0, 0.05) is 71.0 Å². The van der Waals surface area contributed by atoms with E-state index < -0.39 is 23.8 Å². The lowest BCUT2D eigenvalue weighted by Crippen LogP contribution is -2.28. The van der Waals surface area contributed by atoms with Gasteiger partial charge in [0.25, 0.3) is 23.6 Å². The van der Waals surface area contributed by atoms with Crippen LogP contribution in [-0.2, 0) is 21.1 Å². The first-order valence-electron chi connectivity index (χ1n) is 14.3. The van der Waals surface area contributed by atoms with Crippen LogP contribution in [-0.4, -0.2) is 67.8 Å². The molecule has 8 N–H and O–H groups in total. The number of hydrogen-bond donors (Lipinski definition) is 7. The maximum Gasteiger partial charge on any atom is 0.344 e. The number of amides is 6. The summed E-state index contributed by atoms with van der Waals surface area (Å²) >= 11 is 0. The summed E-state index contributed by atoms with van der Waals surface area (Å²) in [6.07, 6.45) is 4.93. The number of carbonyl (C=O) groups excluding carboxylic acids is 5. The molecule has 3 heterocycles. The summed E-state index contributed by atoms with van der Waals surface area (Å²) in [5, 5.41) is 23.7. The van der Waals surface area contributed by atoms with Gasteiger partial charge in [-0.3, -0.25) is 24.6 Å². The summed E-state index contributed by atoms with van der Waals surface area (Å²) < 4.78 is 4.62. The van der Waals surface area contributed by atoms with E-state index in [1.165, 1.54) is 58.6 Å². The fraction of sp³-hybridized carbons (Fsp3) is 0.200. The third-order valence-corrected chi connectivity index (χ3v) is 6.98. The molecule has 4 aromatic rings. The van der Waals surface area contributed by atoms with Crippen molar-refractivity contribution >= 4 is 58.2 Å². The Morgan fingerprint density at radius 2 is 1.15 bits per heavy atom. The van der Waals surface area contributed by atoms with Crippen molar-refractivity contribution in [2.75, 3.05) is 34.9 Å². The fourth-order valence-electron chi connectivity index (χ4n) is 4.52. The normalized spacial score (nSPS) is 10.5. The standard InChI is InChI=1S/C30H34N12O6/c1-39-15-20(11-22(39)27(44)33-10-9-25(31)32)35-29(46)24-13-21(16-41(24)3)36-28(45)23-12-19(14-40(23)2)34-26(43)17-5-7-18(8-6-17)37-30(47)42(4)38-48/h5-8,11-16H,9-10H2,1-4H3,(H3,31,32)(H,33,44)(H,34,43)(H,35,46)(H,36,45)(H,37,47). The van der Waals surface area contributed by atoms with Gasteiger partial charge in [0.05, 0.1) is 28.2 Å². The Morgan fingerprint density at radius 3 is 1.58 bits per heavy atom. The zero-order valence-corrected chi connectivity index (χ0v) is 26.5. The number of hydrogen-bond acceptors (Lipinski definition) is 8. The van der Waals surface area contributed by atoms with Crippen molar-refractivity contribution in [2.45, 2.75) is 6.42 Å². The molecule has 0 aliphatic carbocycles. The molecule has 0 bridgehead atoms. The monoisotopic (exact) mass is 658 g/mol. The first-order valence-corrected chi connectivity index (χ1v) is 14.3. The summed E-state index contributed by atoms with van der Waals surface area (Å²) in [5.74, 6) is -1.85. The molecule has 0 radical (unpaired) electrons. The third-order valence-electron chi connectivity index (χ3n) is 6.98. The van der Waals surface area contributed by atoms with Crippen molar-refractivity contribution in [1.29, 1.82) is 5.41 Å². The Bertz CT molecular complexity index is 1900. The minimum Gasteiger partial charge on any atom is -0.388 e. The van der Waals surface area contributed by atoms with E-state index in [2.05, 4.69) is 31.9 Å². The molecule has 18 heteroatoms. The van der Waals surface area contributed by atoms with E-state index in [4.69, 9.17) is 11.1 Å². The maximum atomic E-state index is 13.1. The highest BCUT2D eigenvalue weighted by atomic mass is 16.3. The van der Waals surface area contributed by atoms with E-state index in [-0.39, 0.29) is 41.7 Å². The minimum atomic E-state index is -0.736. The highest BCUT2D eigenvalue weighted by Crippen LogP contribution is 2.20. The number of nitrogens with zero attached hydrogens (tertiary/aromatic N) is 5. The van der Waals surface area contributed by atoms with E-state index in [0.29, 0.717) is 33.5 Å². The predicted octanol–water partition coefficient (Wildman–Crippen LogP) is 2.66. The number of carbonyl (C=O) groups is 5. The molecule has 0 aliphatic heterocycles. The zero-order valence-electron chi connectivity index (χ0n) is 26.5. The number of urea groups is 1. The van der Waals surface area contributed by atoms with Gasteiger partial charge in [-0.1, -0.05) is 0 Å². The minimum absolute atomic E-state index is 0.0411. The zero-order chi connectivity index (χ0) is 35.1. The summed E-state index contributed by atoms with van der Waals surface area (Å²) in [4.78, 5) is 73.6. The van der Waals surface area contributed by atoms with Crippen LogP contribution in [0.25, 0.3) is 0 Å². The van der Waals surface area contributed by atoms with Crippen LogP contribution >= 0.6 is 0 Å². The molecule has 0 saturated carbocycles. The van der Waals surface area contributed by atoms with Crippen LogP contribution in [0.2, 0.25) is 0 Å². The number of nitroso groups, excluding NO2 is 1. The molecule has 0 saturated heterocycles. The van der Waals surface area contributed by atoms with Crippen LogP contribution in [0, 0.1) is 10.3 Å². The van der Waals surface area contributed by atoms with Gasteiger partial charge in [-0.15, -0.1) is 4.91 Å². The SMILES string of the molecule is CN(N=O)C(=O)Nc1ccc(C(=O)Nc2cc(C(=O)Nc3cc(C(=O)Nc4cc(C(=O)NCCC(=N)N)n(C)c4)n(C)c3)n(C)c2)cc1. The molecule has 6 amide bonds. The number of benzene rings is 1. The third kappa shape index (κ3) is 8.30. The van der Waals surface area contributed by atoms with Crippen LogP contribution < -0.4 is 32.3 Å². The molecule has 18 nitrogen and oxygen atoms in total. The molecule has 48 heavy (non-hydrogen) atoms. The van der Waals surface area contributed by atoms with Crippen LogP contribution in [0.3, 0.4) is 0 Å². The average Bonchev–Trinajstić information content (AvgIpc) is 3.71. The summed E-state index contributed by atoms with van der Waals surface area (Å²) in [6.45, 7) is 0.206. The van der Waals surface area contributed by atoms with Crippen molar-refractivity contribution < 1.29 is 24.0 Å². The molecule has 0 aliphatic rings. The predicted molar refractivity (Wildman–Crippen MR) is 178 cm³/mol. The number of nitrogens with one attached hydrogen (secondary N) is 6. The maximum absolute atomic E-state index is 13.1. The molecule has 0 fully saturated rings. The van der Waals surface area contributed by atoms with E-state index in [0.717, 1.165) is 0 Å². The Hall–Kier alpha value is -6.72. The van der Waals surface area contributed by atoms with E-state index >= 15 is 0 Å². The molecule has 250 valence electrons. The summed E-state index contributed by atoms with van der Waals surface area (Å²) in [6, 6.07) is 9.69. The van der Waals surface area contributed by atoms with Gasteiger partial charge in [0.1, 0.15) is 17.1 Å². The number of anilines is 4. The second kappa shape index (κ2) is 14.6. The van der Waals surface area contributed by atoms with Gasteiger partial charge in [-0.25, -0.2) is 4.79 Å². The molecule has 0 spiro atoms.